The van der Waals surface area contributed by atoms with E-state index in [1.54, 1.807) is 11.1 Å². The molecule has 1 spiro atoms. The molecule has 49 heavy (non-hydrogen) atoms. The molecule has 12 unspecified atom stereocenters. The summed E-state index contributed by atoms with van der Waals surface area (Å²) in [5.41, 5.74) is 6.52. The molecule has 12 atom stereocenters. The molecule has 6 saturated carbocycles. The van der Waals surface area contributed by atoms with Gasteiger partial charge in [0.05, 0.1) is 0 Å². The van der Waals surface area contributed by atoms with E-state index in [9.17, 15) is 0 Å². The van der Waals surface area contributed by atoms with Gasteiger partial charge in [-0.15, -0.1) is 0 Å². The average molecular weight is 654 g/mol. The lowest BCUT2D eigenvalue weighted by Gasteiger charge is -2.71. The minimum atomic E-state index is 0.0554. The van der Waals surface area contributed by atoms with Crippen LogP contribution in [0.3, 0.4) is 0 Å². The SMILES string of the molecule is C=C1CCCC(C2=NC(C3C4CCC5CCCCCC5C4C34CCC3c5ccccc5C5CCCCC5C3C4)N=C(c3ccccc3)N2)C1. The van der Waals surface area contributed by atoms with Crippen LogP contribution in [-0.4, -0.2) is 17.8 Å². The van der Waals surface area contributed by atoms with Crippen molar-refractivity contribution in [1.29, 1.82) is 0 Å². The Labute approximate surface area is 296 Å². The standard InChI is InChI=1S/C46H59N3/c1-29-13-12-17-32(27-29)44-47-43(31-15-5-2-6-16-31)48-45(49-44)42-39-24-23-30-14-4-3-7-18-33(30)41(39)46(42)26-25-38-36-21-9-8-19-34(36)35-20-10-11-22-37(35)40(38)28-46/h2,5-6,8-9,15-16,19,21,30,32-33,35,37-42,45H,1,3-4,7,10-14,17-18,20,22-28H2,(H,47,48,49). The topological polar surface area (TPSA) is 36.8 Å². The second-order valence-corrected chi connectivity index (χ2v) is 18.2. The quantitative estimate of drug-likeness (QED) is 0.329. The molecule has 10 rings (SSSR count). The molecule has 0 radical (unpaired) electrons. The number of nitrogens with one attached hydrogen (secondary N) is 1. The summed E-state index contributed by atoms with van der Waals surface area (Å²) in [6, 6.07) is 20.8. The van der Waals surface area contributed by atoms with Gasteiger partial charge < -0.3 is 5.32 Å². The van der Waals surface area contributed by atoms with Crippen LogP contribution in [0.15, 0.2) is 76.7 Å². The molecule has 1 aliphatic heterocycles. The third-order valence-electron chi connectivity index (χ3n) is 16.2. The van der Waals surface area contributed by atoms with Crippen LogP contribution in [0.1, 0.15) is 144 Å². The zero-order valence-electron chi connectivity index (χ0n) is 29.9. The maximum atomic E-state index is 5.80. The highest BCUT2D eigenvalue weighted by molar-refractivity contribution is 6.11. The van der Waals surface area contributed by atoms with Gasteiger partial charge in [-0.3, -0.25) is 0 Å². The van der Waals surface area contributed by atoms with Gasteiger partial charge in [-0.2, -0.15) is 0 Å². The van der Waals surface area contributed by atoms with Crippen molar-refractivity contribution in [3.63, 3.8) is 0 Å². The van der Waals surface area contributed by atoms with Crippen LogP contribution in [-0.2, 0) is 0 Å². The third kappa shape index (κ3) is 5.09. The highest BCUT2D eigenvalue weighted by Crippen LogP contribution is 2.75. The zero-order valence-corrected chi connectivity index (χ0v) is 29.9. The van der Waals surface area contributed by atoms with E-state index in [0.717, 1.165) is 59.6 Å². The lowest BCUT2D eigenvalue weighted by molar-refractivity contribution is -0.224. The number of allylic oxidation sites excluding steroid dienone is 1. The number of aliphatic imine (C=N–C) groups is 2. The summed E-state index contributed by atoms with van der Waals surface area (Å²) in [5, 5.41) is 3.86. The van der Waals surface area contributed by atoms with E-state index in [2.05, 4.69) is 66.5 Å². The minimum Gasteiger partial charge on any atom is -0.328 e. The van der Waals surface area contributed by atoms with Crippen LogP contribution in [0.2, 0.25) is 0 Å². The number of benzene rings is 2. The van der Waals surface area contributed by atoms with Crippen LogP contribution in [0, 0.1) is 52.8 Å². The second-order valence-electron chi connectivity index (χ2n) is 18.2. The normalized spacial score (nSPS) is 42.8. The molecule has 2 aromatic rings. The molecule has 6 fully saturated rings. The van der Waals surface area contributed by atoms with Crippen molar-refractivity contribution in [3.8, 4) is 0 Å². The lowest BCUT2D eigenvalue weighted by Crippen LogP contribution is -2.67. The molecule has 0 bridgehead atoms. The Morgan fingerprint density at radius 3 is 2.24 bits per heavy atom. The van der Waals surface area contributed by atoms with Crippen molar-refractivity contribution in [1.82, 2.24) is 5.32 Å². The molecule has 8 aliphatic rings. The van der Waals surface area contributed by atoms with Crippen LogP contribution < -0.4 is 5.32 Å². The predicted molar refractivity (Wildman–Crippen MR) is 202 cm³/mol. The number of hydrogen-bond donors (Lipinski definition) is 1. The summed E-state index contributed by atoms with van der Waals surface area (Å²) in [5.74, 6) is 10.2. The van der Waals surface area contributed by atoms with E-state index >= 15 is 0 Å². The van der Waals surface area contributed by atoms with Crippen molar-refractivity contribution in [2.24, 2.45) is 62.7 Å². The van der Waals surface area contributed by atoms with E-state index in [0.29, 0.717) is 17.3 Å². The maximum Gasteiger partial charge on any atom is 0.147 e. The summed E-state index contributed by atoms with van der Waals surface area (Å²) < 4.78 is 0. The van der Waals surface area contributed by atoms with Crippen molar-refractivity contribution >= 4 is 11.7 Å². The predicted octanol–water partition coefficient (Wildman–Crippen LogP) is 11.2. The summed E-state index contributed by atoms with van der Waals surface area (Å²) in [4.78, 5) is 11.5. The molecule has 3 nitrogen and oxygen atoms in total. The van der Waals surface area contributed by atoms with E-state index < -0.39 is 0 Å². The summed E-state index contributed by atoms with van der Waals surface area (Å²) in [7, 11) is 0. The second kappa shape index (κ2) is 12.5. The van der Waals surface area contributed by atoms with Crippen molar-refractivity contribution in [3.05, 3.63) is 83.4 Å². The van der Waals surface area contributed by atoms with Gasteiger partial charge in [-0.05, 0) is 141 Å². The molecule has 3 heteroatoms. The lowest BCUT2D eigenvalue weighted by atomic mass is 9.33. The van der Waals surface area contributed by atoms with Crippen LogP contribution in [0.4, 0.5) is 0 Å². The van der Waals surface area contributed by atoms with Crippen molar-refractivity contribution < 1.29 is 0 Å². The smallest absolute Gasteiger partial charge is 0.147 e. The molecule has 1 N–H and O–H groups in total. The highest BCUT2D eigenvalue weighted by Gasteiger charge is 2.69. The Morgan fingerprint density at radius 2 is 1.39 bits per heavy atom. The van der Waals surface area contributed by atoms with E-state index in [1.807, 2.05) is 0 Å². The molecule has 7 aliphatic carbocycles. The van der Waals surface area contributed by atoms with Crippen LogP contribution in [0.5, 0.6) is 0 Å². The first kappa shape index (κ1) is 31.1. The minimum absolute atomic E-state index is 0.0554. The van der Waals surface area contributed by atoms with E-state index in [4.69, 9.17) is 9.98 Å². The Morgan fingerprint density at radius 1 is 0.633 bits per heavy atom. The molecule has 2 aromatic carbocycles. The third-order valence-corrected chi connectivity index (χ3v) is 16.2. The first-order valence-corrected chi connectivity index (χ1v) is 20.9. The van der Waals surface area contributed by atoms with Gasteiger partial charge in [0.2, 0.25) is 0 Å². The summed E-state index contributed by atoms with van der Waals surface area (Å²) in [6.07, 6.45) is 25.0. The van der Waals surface area contributed by atoms with Gasteiger partial charge in [-0.25, -0.2) is 9.98 Å². The molecule has 258 valence electrons. The van der Waals surface area contributed by atoms with Gasteiger partial charge in [-0.1, -0.05) is 105 Å². The Balaban J connectivity index is 1.08. The molecular weight excluding hydrogens is 595 g/mol. The molecule has 0 amide bonds. The fourth-order valence-electron chi connectivity index (χ4n) is 14.4. The monoisotopic (exact) mass is 653 g/mol. The molecular formula is C46H59N3. The zero-order chi connectivity index (χ0) is 32.5. The first-order valence-electron chi connectivity index (χ1n) is 20.9. The van der Waals surface area contributed by atoms with Gasteiger partial charge in [0.1, 0.15) is 17.8 Å². The molecule has 0 aromatic heterocycles. The number of rotatable bonds is 3. The maximum absolute atomic E-state index is 5.80. The Hall–Kier alpha value is -2.68. The van der Waals surface area contributed by atoms with Gasteiger partial charge in [0, 0.05) is 17.4 Å². The van der Waals surface area contributed by atoms with E-state index in [1.165, 1.54) is 126 Å². The van der Waals surface area contributed by atoms with Crippen molar-refractivity contribution in [2.75, 3.05) is 0 Å². The summed E-state index contributed by atoms with van der Waals surface area (Å²) in [6.45, 7) is 4.46. The van der Waals surface area contributed by atoms with Gasteiger partial charge in [0.25, 0.3) is 0 Å². The Bertz CT molecular complexity index is 1620. The fraction of sp³-hybridized carbons (Fsp3) is 0.652. The fourth-order valence-corrected chi connectivity index (χ4v) is 14.4. The van der Waals surface area contributed by atoms with Gasteiger partial charge >= 0.3 is 0 Å². The average Bonchev–Trinajstić information content (AvgIpc) is 3.40. The first-order chi connectivity index (χ1) is 24.2. The molecule has 1 heterocycles. The molecule has 0 saturated heterocycles. The van der Waals surface area contributed by atoms with Crippen molar-refractivity contribution in [2.45, 2.75) is 134 Å². The van der Waals surface area contributed by atoms with E-state index in [-0.39, 0.29) is 6.17 Å². The highest BCUT2D eigenvalue weighted by atomic mass is 15.2. The Kier molecular flexibility index (Phi) is 7.94. The number of hydrogen-bond acceptors (Lipinski definition) is 3. The van der Waals surface area contributed by atoms with Gasteiger partial charge in [0.15, 0.2) is 0 Å². The number of amidine groups is 2. The largest absolute Gasteiger partial charge is 0.328 e. The number of nitrogens with zero attached hydrogens (tertiary/aromatic N) is 2. The van der Waals surface area contributed by atoms with Crippen LogP contribution >= 0.6 is 0 Å². The number of fused-ring (bicyclic) bond motifs is 10. The summed E-state index contributed by atoms with van der Waals surface area (Å²) >= 11 is 0. The van der Waals surface area contributed by atoms with Crippen LogP contribution in [0.25, 0.3) is 0 Å².